The number of fused-ring (bicyclic) bond motifs is 4. The number of hydrogen-bond donors (Lipinski definition) is 2. The van der Waals surface area contributed by atoms with Gasteiger partial charge in [0, 0.05) is 48.9 Å². The van der Waals surface area contributed by atoms with Gasteiger partial charge in [-0.25, -0.2) is 8.78 Å². The van der Waals surface area contributed by atoms with E-state index < -0.39 is 11.6 Å². The van der Waals surface area contributed by atoms with E-state index in [1.165, 1.54) is 24.3 Å². The lowest BCUT2D eigenvalue weighted by atomic mass is 9.96. The van der Waals surface area contributed by atoms with Gasteiger partial charge in [0.05, 0.1) is 10.9 Å². The molecule has 2 saturated heterocycles. The third-order valence-electron chi connectivity index (χ3n) is 6.97. The van der Waals surface area contributed by atoms with Crippen LogP contribution in [-0.4, -0.2) is 45.0 Å². The molecule has 6 rings (SSSR count). The van der Waals surface area contributed by atoms with Crippen molar-refractivity contribution >= 4 is 27.5 Å². The number of aromatic nitrogens is 3. The van der Waals surface area contributed by atoms with Gasteiger partial charge in [0.15, 0.2) is 11.6 Å². The van der Waals surface area contributed by atoms with Gasteiger partial charge in [-0.05, 0) is 43.4 Å². The van der Waals surface area contributed by atoms with E-state index in [1.807, 2.05) is 6.92 Å². The maximum atomic E-state index is 16.2. The number of piperazine rings is 1. The van der Waals surface area contributed by atoms with E-state index in [0.29, 0.717) is 40.3 Å². The highest BCUT2D eigenvalue weighted by molar-refractivity contribution is 6.03. The quantitative estimate of drug-likeness (QED) is 0.450. The Kier molecular flexibility index (Phi) is 4.71. The van der Waals surface area contributed by atoms with Crippen LogP contribution in [0.2, 0.25) is 0 Å². The highest BCUT2D eigenvalue weighted by Crippen LogP contribution is 2.39. The Labute approximate surface area is 195 Å². The number of nitrogens with one attached hydrogen (secondary N) is 1. The number of nitrogens with zero attached hydrogens (tertiary/aromatic N) is 4. The molecule has 6 nitrogen and oxygen atoms in total. The summed E-state index contributed by atoms with van der Waals surface area (Å²) in [4.78, 5) is 6.67. The van der Waals surface area contributed by atoms with Crippen molar-refractivity contribution < 1.29 is 13.9 Å². The molecule has 4 aromatic rings. The van der Waals surface area contributed by atoms with E-state index >= 15 is 4.39 Å². The number of aryl methyl sites for hydroxylation is 1. The maximum Gasteiger partial charge on any atom is 0.175 e. The van der Waals surface area contributed by atoms with Crippen molar-refractivity contribution in [3.63, 3.8) is 0 Å². The molecule has 2 fully saturated rings. The minimum Gasteiger partial charge on any atom is -0.508 e. The first-order valence-electron chi connectivity index (χ1n) is 11.5. The van der Waals surface area contributed by atoms with Gasteiger partial charge in [0.1, 0.15) is 22.8 Å². The van der Waals surface area contributed by atoms with Crippen molar-refractivity contribution in [2.24, 2.45) is 0 Å². The molecule has 8 heteroatoms. The highest BCUT2D eigenvalue weighted by atomic mass is 19.1. The minimum absolute atomic E-state index is 0.00275. The molecule has 2 N–H and O–H groups in total. The summed E-state index contributed by atoms with van der Waals surface area (Å²) in [5.41, 5.74) is 0.586. The van der Waals surface area contributed by atoms with Gasteiger partial charge in [0.2, 0.25) is 0 Å². The first-order chi connectivity index (χ1) is 16.5. The van der Waals surface area contributed by atoms with E-state index in [2.05, 4.69) is 21.1 Å². The molecule has 2 aliphatic rings. The van der Waals surface area contributed by atoms with Gasteiger partial charge in [-0.3, -0.25) is 9.67 Å². The molecule has 0 amide bonds. The summed E-state index contributed by atoms with van der Waals surface area (Å²) in [6.07, 6.45) is 9.48. The Morgan fingerprint density at radius 2 is 1.97 bits per heavy atom. The molecule has 2 aromatic carbocycles. The van der Waals surface area contributed by atoms with Crippen molar-refractivity contribution in [1.82, 2.24) is 20.1 Å². The second-order valence-corrected chi connectivity index (χ2v) is 9.02. The van der Waals surface area contributed by atoms with E-state index in [4.69, 9.17) is 11.5 Å². The number of anilines is 1. The number of aromatic hydroxyl groups is 1. The van der Waals surface area contributed by atoms with E-state index in [9.17, 15) is 9.50 Å². The lowest BCUT2D eigenvalue weighted by Crippen LogP contribution is -2.51. The van der Waals surface area contributed by atoms with Crippen LogP contribution in [0.15, 0.2) is 30.5 Å². The predicted molar refractivity (Wildman–Crippen MR) is 128 cm³/mol. The van der Waals surface area contributed by atoms with Crippen LogP contribution in [-0.2, 0) is 6.54 Å². The van der Waals surface area contributed by atoms with Gasteiger partial charge >= 0.3 is 0 Å². The first kappa shape index (κ1) is 20.9. The Morgan fingerprint density at radius 3 is 2.68 bits per heavy atom. The first-order valence-corrected chi connectivity index (χ1v) is 11.5. The second-order valence-electron chi connectivity index (χ2n) is 9.02. The fraction of sp³-hybridized carbons (Fsp3) is 0.308. The number of rotatable bonds is 3. The Bertz CT molecular complexity index is 1490. The summed E-state index contributed by atoms with van der Waals surface area (Å²) < 4.78 is 32.3. The van der Waals surface area contributed by atoms with Crippen LogP contribution in [0.25, 0.3) is 32.9 Å². The minimum atomic E-state index is -0.586. The number of pyridine rings is 1. The molecule has 2 bridgehead atoms. The molecule has 172 valence electrons. The van der Waals surface area contributed by atoms with Crippen LogP contribution < -0.4 is 10.2 Å². The second kappa shape index (κ2) is 7.67. The molecule has 4 heterocycles. The molecule has 2 atom stereocenters. The van der Waals surface area contributed by atoms with Crippen molar-refractivity contribution in [2.75, 3.05) is 18.0 Å². The SMILES string of the molecule is C#Cc1c(F)ccc2cc(O)cc(-c3ncc4c(N5CC6CCC(C5)N6)nn(CC)c4c3F)c12. The summed E-state index contributed by atoms with van der Waals surface area (Å²) in [5.74, 6) is 1.85. The molecule has 0 spiro atoms. The summed E-state index contributed by atoms with van der Waals surface area (Å²) in [6, 6.07) is 6.43. The normalized spacial score (nSPS) is 19.8. The van der Waals surface area contributed by atoms with Gasteiger partial charge in [-0.15, -0.1) is 6.42 Å². The van der Waals surface area contributed by atoms with Crippen LogP contribution in [0.5, 0.6) is 5.75 Å². The number of phenols is 1. The molecule has 2 aromatic heterocycles. The number of hydrogen-bond acceptors (Lipinski definition) is 5. The van der Waals surface area contributed by atoms with E-state index in [1.54, 1.807) is 10.9 Å². The van der Waals surface area contributed by atoms with Crippen LogP contribution >= 0.6 is 0 Å². The Morgan fingerprint density at radius 1 is 1.21 bits per heavy atom. The van der Waals surface area contributed by atoms with Crippen LogP contribution in [0, 0.1) is 24.0 Å². The highest BCUT2D eigenvalue weighted by Gasteiger charge is 2.34. The largest absolute Gasteiger partial charge is 0.508 e. The molecular weight excluding hydrogens is 436 g/mol. The van der Waals surface area contributed by atoms with Crippen molar-refractivity contribution in [3.05, 3.63) is 47.7 Å². The third-order valence-corrected chi connectivity index (χ3v) is 6.97. The van der Waals surface area contributed by atoms with Crippen LogP contribution in [0.4, 0.5) is 14.6 Å². The van der Waals surface area contributed by atoms with Gasteiger partial charge in [-0.2, -0.15) is 5.10 Å². The fourth-order valence-electron chi connectivity index (χ4n) is 5.48. The summed E-state index contributed by atoms with van der Waals surface area (Å²) in [7, 11) is 0. The zero-order valence-corrected chi connectivity index (χ0v) is 18.6. The fourth-order valence-corrected chi connectivity index (χ4v) is 5.48. The predicted octanol–water partition coefficient (Wildman–Crippen LogP) is 4.18. The number of halogens is 2. The monoisotopic (exact) mass is 459 g/mol. The summed E-state index contributed by atoms with van der Waals surface area (Å²) in [5, 5.41) is 20.1. The average molecular weight is 460 g/mol. The molecule has 2 aliphatic heterocycles. The van der Waals surface area contributed by atoms with Gasteiger partial charge in [-0.1, -0.05) is 12.0 Å². The molecule has 0 radical (unpaired) electrons. The van der Waals surface area contributed by atoms with Gasteiger partial charge in [0.25, 0.3) is 0 Å². The summed E-state index contributed by atoms with van der Waals surface area (Å²) in [6.45, 7) is 4.02. The third kappa shape index (κ3) is 3.04. The topological polar surface area (TPSA) is 66.2 Å². The van der Waals surface area contributed by atoms with E-state index in [-0.39, 0.29) is 22.6 Å². The summed E-state index contributed by atoms with van der Waals surface area (Å²) >= 11 is 0. The molecule has 0 saturated carbocycles. The number of benzene rings is 2. The molecule has 34 heavy (non-hydrogen) atoms. The zero-order chi connectivity index (χ0) is 23.6. The number of terminal acetylenes is 1. The van der Waals surface area contributed by atoms with Crippen molar-refractivity contribution in [2.45, 2.75) is 38.4 Å². The van der Waals surface area contributed by atoms with E-state index in [0.717, 1.165) is 31.7 Å². The Balaban J connectivity index is 1.58. The molecular formula is C26H23F2N5O. The zero-order valence-electron chi connectivity index (χ0n) is 18.6. The molecule has 0 aliphatic carbocycles. The standard InChI is InChI=1S/C26H23F2N5O/c1-3-18-21(27)8-5-14-9-17(34)10-19(22(14)18)24-23(28)25-20(11-29-24)26(31-33(25)4-2)32-12-15-6-7-16(13-32)30-15/h1,5,8-11,15-16,30,34H,4,6-7,12-13H2,2H3. The lowest BCUT2D eigenvalue weighted by molar-refractivity contribution is 0.462. The van der Waals surface area contributed by atoms with Crippen molar-refractivity contribution in [3.8, 4) is 29.4 Å². The van der Waals surface area contributed by atoms with Gasteiger partial charge < -0.3 is 15.3 Å². The van der Waals surface area contributed by atoms with Crippen molar-refractivity contribution in [1.29, 1.82) is 0 Å². The smallest absolute Gasteiger partial charge is 0.175 e. The lowest BCUT2D eigenvalue weighted by Gasteiger charge is -2.33. The number of phenolic OH excluding ortho intramolecular Hbond substituents is 1. The maximum absolute atomic E-state index is 16.2. The Hall–Kier alpha value is -3.70. The van der Waals surface area contributed by atoms with Crippen LogP contribution in [0.1, 0.15) is 25.3 Å². The average Bonchev–Trinajstić information content (AvgIpc) is 3.38. The molecule has 2 unspecified atom stereocenters. The van der Waals surface area contributed by atoms with Crippen LogP contribution in [0.3, 0.4) is 0 Å².